The Morgan fingerprint density at radius 3 is 2.52 bits per heavy atom. The van der Waals surface area contributed by atoms with Gasteiger partial charge in [0, 0.05) is 13.1 Å². The van der Waals surface area contributed by atoms with Gasteiger partial charge in [0.05, 0.1) is 21.5 Å². The van der Waals surface area contributed by atoms with Crippen molar-refractivity contribution in [2.75, 3.05) is 13.1 Å². The van der Waals surface area contributed by atoms with Gasteiger partial charge >= 0.3 is 0 Å². The monoisotopic (exact) mass is 432 g/mol. The molecule has 5 nitrogen and oxygen atoms in total. The highest BCUT2D eigenvalue weighted by Crippen LogP contribution is 2.27. The van der Waals surface area contributed by atoms with Crippen LogP contribution in [-0.2, 0) is 22.9 Å². The van der Waals surface area contributed by atoms with Crippen molar-refractivity contribution in [2.45, 2.75) is 50.0 Å². The molecule has 1 aliphatic heterocycles. The molecular formula is C22H25ClN2O3S. The van der Waals surface area contributed by atoms with Crippen molar-refractivity contribution in [1.29, 1.82) is 0 Å². The average molecular weight is 433 g/mol. The third-order valence-corrected chi connectivity index (χ3v) is 8.08. The maximum atomic E-state index is 12.9. The van der Waals surface area contributed by atoms with E-state index in [0.29, 0.717) is 13.1 Å². The summed E-state index contributed by atoms with van der Waals surface area (Å²) in [5.74, 6) is -0.374. The summed E-state index contributed by atoms with van der Waals surface area (Å²) >= 11 is 6.24. The molecule has 1 N–H and O–H groups in total. The van der Waals surface area contributed by atoms with Gasteiger partial charge in [-0.15, -0.1) is 0 Å². The maximum Gasteiger partial charge on any atom is 0.253 e. The molecule has 2 aromatic carbocycles. The van der Waals surface area contributed by atoms with E-state index in [0.717, 1.165) is 31.2 Å². The van der Waals surface area contributed by atoms with Gasteiger partial charge in [-0.3, -0.25) is 4.79 Å². The topological polar surface area (TPSA) is 66.5 Å². The van der Waals surface area contributed by atoms with Crippen molar-refractivity contribution < 1.29 is 13.2 Å². The molecule has 0 aromatic heterocycles. The Morgan fingerprint density at radius 2 is 1.76 bits per heavy atom. The Hall–Kier alpha value is -1.89. The summed E-state index contributed by atoms with van der Waals surface area (Å²) in [6, 6.07) is 10.5. The number of amides is 1. The van der Waals surface area contributed by atoms with Gasteiger partial charge in [0.1, 0.15) is 0 Å². The summed E-state index contributed by atoms with van der Waals surface area (Å²) < 4.78 is 27.1. The van der Waals surface area contributed by atoms with E-state index in [2.05, 4.69) is 17.4 Å². The molecule has 1 aliphatic carbocycles. The number of rotatable bonds is 5. The van der Waals surface area contributed by atoms with Crippen LogP contribution in [0.3, 0.4) is 0 Å². The first kappa shape index (κ1) is 20.4. The molecule has 1 saturated heterocycles. The van der Waals surface area contributed by atoms with Crippen molar-refractivity contribution in [3.8, 4) is 0 Å². The molecule has 2 aliphatic rings. The third-order valence-electron chi connectivity index (χ3n) is 5.86. The van der Waals surface area contributed by atoms with Crippen LogP contribution in [0, 0.1) is 0 Å². The van der Waals surface area contributed by atoms with Gasteiger partial charge < -0.3 is 5.32 Å². The van der Waals surface area contributed by atoms with Crippen LogP contribution in [0.1, 0.15) is 59.3 Å². The number of carbonyl (C=O) groups is 1. The van der Waals surface area contributed by atoms with E-state index in [1.54, 1.807) is 0 Å². The fourth-order valence-corrected chi connectivity index (χ4v) is 5.88. The molecule has 0 bridgehead atoms. The zero-order valence-corrected chi connectivity index (χ0v) is 18.0. The molecule has 1 fully saturated rings. The van der Waals surface area contributed by atoms with E-state index >= 15 is 0 Å². The third kappa shape index (κ3) is 4.06. The second-order valence-electron chi connectivity index (χ2n) is 7.83. The van der Waals surface area contributed by atoms with Crippen molar-refractivity contribution in [2.24, 2.45) is 0 Å². The number of hydrogen-bond acceptors (Lipinski definition) is 3. The maximum absolute atomic E-state index is 12.9. The van der Waals surface area contributed by atoms with Crippen LogP contribution in [0.25, 0.3) is 0 Å². The summed E-state index contributed by atoms with van der Waals surface area (Å²) in [7, 11) is -3.60. The highest BCUT2D eigenvalue weighted by Gasteiger charge is 2.28. The molecule has 154 valence electrons. The van der Waals surface area contributed by atoms with Crippen molar-refractivity contribution in [3.63, 3.8) is 0 Å². The van der Waals surface area contributed by atoms with Gasteiger partial charge in [0.15, 0.2) is 0 Å². The lowest BCUT2D eigenvalue weighted by molar-refractivity contribution is 0.0940. The number of nitrogens with one attached hydrogen (secondary N) is 1. The molecular weight excluding hydrogens is 408 g/mol. The van der Waals surface area contributed by atoms with Crippen molar-refractivity contribution in [3.05, 3.63) is 63.7 Å². The predicted octanol–water partition coefficient (Wildman–Crippen LogP) is 4.10. The fourth-order valence-electron chi connectivity index (χ4n) is 4.14. The Labute approximate surface area is 177 Å². The number of benzene rings is 2. The Kier molecular flexibility index (Phi) is 5.69. The van der Waals surface area contributed by atoms with Gasteiger partial charge in [-0.25, -0.2) is 8.42 Å². The number of fused-ring (bicyclic) bond motifs is 1. The zero-order chi connectivity index (χ0) is 20.6. The Balaban J connectivity index is 1.55. The summed E-state index contributed by atoms with van der Waals surface area (Å²) in [4.78, 5) is 13.0. The largest absolute Gasteiger partial charge is 0.345 e. The molecule has 1 atom stereocenters. The van der Waals surface area contributed by atoms with Crippen LogP contribution >= 0.6 is 11.6 Å². The summed E-state index contributed by atoms with van der Waals surface area (Å²) in [5, 5.41) is 3.20. The van der Waals surface area contributed by atoms with Crippen LogP contribution in [0.5, 0.6) is 0 Å². The second-order valence-corrected chi connectivity index (χ2v) is 10.2. The number of halogens is 1. The van der Waals surface area contributed by atoms with Crippen LogP contribution in [0.4, 0.5) is 0 Å². The normalized spacial score (nSPS) is 17.9. The second kappa shape index (κ2) is 8.09. The molecule has 0 spiro atoms. The quantitative estimate of drug-likeness (QED) is 0.773. The van der Waals surface area contributed by atoms with Gasteiger partial charge in [-0.1, -0.05) is 29.8 Å². The van der Waals surface area contributed by atoms with E-state index < -0.39 is 10.0 Å². The van der Waals surface area contributed by atoms with Gasteiger partial charge in [-0.05, 0) is 73.9 Å². The number of sulfonamides is 1. The van der Waals surface area contributed by atoms with E-state index in [1.807, 2.05) is 13.0 Å². The van der Waals surface area contributed by atoms with Crippen LogP contribution in [0.15, 0.2) is 41.3 Å². The zero-order valence-electron chi connectivity index (χ0n) is 16.4. The minimum atomic E-state index is -3.60. The number of aryl methyl sites for hydroxylation is 2. The fraction of sp³-hybridized carbons (Fsp3) is 0.409. The first-order valence-electron chi connectivity index (χ1n) is 10.1. The molecule has 7 heteroatoms. The first-order valence-corrected chi connectivity index (χ1v) is 11.9. The lowest BCUT2D eigenvalue weighted by Crippen LogP contribution is -2.29. The minimum Gasteiger partial charge on any atom is -0.345 e. The molecule has 1 heterocycles. The summed E-state index contributed by atoms with van der Waals surface area (Å²) in [6.07, 6.45) is 5.08. The minimum absolute atomic E-state index is 0.110. The molecule has 0 radical (unpaired) electrons. The van der Waals surface area contributed by atoms with Crippen LogP contribution in [0.2, 0.25) is 5.02 Å². The first-order chi connectivity index (χ1) is 13.9. The standard InChI is InChI=1S/C22H25ClN2O3S/c1-15(17-8-7-16-5-4-6-18(16)13-17)24-22(26)20-14-19(9-10-21(20)23)29(27,28)25-11-2-3-12-25/h7-10,13-15H,2-6,11-12H2,1H3,(H,24,26)/t15-/m1/s1. The Bertz CT molecular complexity index is 1050. The molecule has 2 aromatic rings. The van der Waals surface area contributed by atoms with Gasteiger partial charge in [0.2, 0.25) is 10.0 Å². The van der Waals surface area contributed by atoms with Gasteiger partial charge in [-0.2, -0.15) is 4.31 Å². The van der Waals surface area contributed by atoms with Crippen molar-refractivity contribution in [1.82, 2.24) is 9.62 Å². The van der Waals surface area contributed by atoms with Crippen molar-refractivity contribution >= 4 is 27.5 Å². The highest BCUT2D eigenvalue weighted by atomic mass is 35.5. The van der Waals surface area contributed by atoms with E-state index in [4.69, 9.17) is 11.6 Å². The Morgan fingerprint density at radius 1 is 1.03 bits per heavy atom. The molecule has 0 unspecified atom stereocenters. The predicted molar refractivity (Wildman–Crippen MR) is 114 cm³/mol. The summed E-state index contributed by atoms with van der Waals surface area (Å²) in [5.41, 5.74) is 3.95. The molecule has 1 amide bonds. The summed E-state index contributed by atoms with van der Waals surface area (Å²) in [6.45, 7) is 2.96. The smallest absolute Gasteiger partial charge is 0.253 e. The lowest BCUT2D eigenvalue weighted by Gasteiger charge is -2.18. The van der Waals surface area contributed by atoms with Crippen LogP contribution in [-0.4, -0.2) is 31.7 Å². The molecule has 29 heavy (non-hydrogen) atoms. The molecule has 4 rings (SSSR count). The number of hydrogen-bond donors (Lipinski definition) is 1. The average Bonchev–Trinajstić information content (AvgIpc) is 3.39. The van der Waals surface area contributed by atoms with Crippen LogP contribution < -0.4 is 5.32 Å². The number of nitrogens with zero attached hydrogens (tertiary/aromatic N) is 1. The van der Waals surface area contributed by atoms with E-state index in [9.17, 15) is 13.2 Å². The molecule has 0 saturated carbocycles. The van der Waals surface area contributed by atoms with E-state index in [-0.39, 0.29) is 27.4 Å². The lowest BCUT2D eigenvalue weighted by atomic mass is 10.0. The highest BCUT2D eigenvalue weighted by molar-refractivity contribution is 7.89. The number of carbonyl (C=O) groups excluding carboxylic acids is 1. The SMILES string of the molecule is C[C@@H](NC(=O)c1cc(S(=O)(=O)N2CCCC2)ccc1Cl)c1ccc2c(c1)CCC2. The van der Waals surface area contributed by atoms with Gasteiger partial charge in [0.25, 0.3) is 5.91 Å². The van der Waals surface area contributed by atoms with E-state index in [1.165, 1.54) is 40.1 Å².